The van der Waals surface area contributed by atoms with Gasteiger partial charge in [0.1, 0.15) is 6.07 Å². The number of nitrogen functional groups attached to an aromatic ring is 1. The highest BCUT2D eigenvalue weighted by molar-refractivity contribution is 5.51. The fraction of sp³-hybridized carbons (Fsp3) is 0.0769. The van der Waals surface area contributed by atoms with Crippen molar-refractivity contribution in [2.45, 2.75) is 6.92 Å². The van der Waals surface area contributed by atoms with Gasteiger partial charge >= 0.3 is 0 Å². The lowest BCUT2D eigenvalue weighted by Gasteiger charge is -2.07. The van der Waals surface area contributed by atoms with Crippen LogP contribution in [0.4, 0.5) is 10.1 Å². The van der Waals surface area contributed by atoms with Crippen LogP contribution in [-0.2, 0) is 0 Å². The van der Waals surface area contributed by atoms with Gasteiger partial charge < -0.3 is 10.5 Å². The molecular weight excluding hydrogens is 233 g/mol. The molecule has 90 valence electrons. The zero-order valence-corrected chi connectivity index (χ0v) is 9.64. The van der Waals surface area contributed by atoms with E-state index >= 15 is 0 Å². The predicted octanol–water partition coefficient (Wildman–Crippen LogP) is 2.78. The molecule has 0 amide bonds. The van der Waals surface area contributed by atoms with E-state index in [2.05, 4.69) is 4.98 Å². The van der Waals surface area contributed by atoms with E-state index in [1.54, 1.807) is 12.1 Å². The van der Waals surface area contributed by atoms with Crippen molar-refractivity contribution >= 4 is 5.69 Å². The topological polar surface area (TPSA) is 71.9 Å². The molecule has 2 N–H and O–H groups in total. The third-order valence-electron chi connectivity index (χ3n) is 2.31. The third kappa shape index (κ3) is 2.38. The van der Waals surface area contributed by atoms with Crippen LogP contribution in [0.5, 0.6) is 11.6 Å². The van der Waals surface area contributed by atoms with Gasteiger partial charge in [-0.1, -0.05) is 6.07 Å². The maximum absolute atomic E-state index is 13.5. The lowest BCUT2D eigenvalue weighted by Crippen LogP contribution is -1.97. The molecule has 0 aliphatic heterocycles. The maximum Gasteiger partial charge on any atom is 0.220 e. The molecule has 0 saturated carbocycles. The van der Waals surface area contributed by atoms with Crippen molar-refractivity contribution in [3.8, 4) is 17.7 Å². The number of benzene rings is 1. The molecule has 0 bridgehead atoms. The Bertz CT molecular complexity index is 635. The lowest BCUT2D eigenvalue weighted by atomic mass is 10.2. The standard InChI is InChI=1S/C13H10FN3O/c1-8-2-3-9(14)12(6-8)18-13-5-4-10(16)11(7-15)17-13/h2-6H,16H2,1H3. The summed E-state index contributed by atoms with van der Waals surface area (Å²) in [5.41, 5.74) is 6.71. The minimum atomic E-state index is -0.488. The van der Waals surface area contributed by atoms with Crippen molar-refractivity contribution in [1.82, 2.24) is 4.98 Å². The first-order chi connectivity index (χ1) is 8.60. The van der Waals surface area contributed by atoms with Crippen molar-refractivity contribution in [2.24, 2.45) is 0 Å². The van der Waals surface area contributed by atoms with Crippen LogP contribution in [0.15, 0.2) is 30.3 Å². The van der Waals surface area contributed by atoms with Gasteiger partial charge in [-0.2, -0.15) is 5.26 Å². The number of nitrogens with two attached hydrogens (primary N) is 1. The average Bonchev–Trinajstić information content (AvgIpc) is 2.36. The minimum absolute atomic E-state index is 0.0561. The molecule has 0 aliphatic carbocycles. The Kier molecular flexibility index (Phi) is 3.11. The molecule has 0 saturated heterocycles. The van der Waals surface area contributed by atoms with Crippen LogP contribution >= 0.6 is 0 Å². The Morgan fingerprint density at radius 2 is 2.11 bits per heavy atom. The second-order valence-corrected chi connectivity index (χ2v) is 3.74. The Morgan fingerprint density at radius 3 is 2.83 bits per heavy atom. The number of pyridine rings is 1. The number of ether oxygens (including phenoxy) is 1. The number of hydrogen-bond donors (Lipinski definition) is 1. The van der Waals surface area contributed by atoms with Crippen LogP contribution in [0.3, 0.4) is 0 Å². The molecule has 0 fully saturated rings. The van der Waals surface area contributed by atoms with Crippen molar-refractivity contribution < 1.29 is 9.13 Å². The fourth-order valence-electron chi connectivity index (χ4n) is 1.40. The summed E-state index contributed by atoms with van der Waals surface area (Å²) in [5.74, 6) is -0.292. The molecule has 0 aliphatic rings. The van der Waals surface area contributed by atoms with E-state index in [9.17, 15) is 4.39 Å². The molecule has 2 aromatic rings. The van der Waals surface area contributed by atoms with Gasteiger partial charge in [0.2, 0.25) is 5.88 Å². The predicted molar refractivity (Wildman–Crippen MR) is 64.6 cm³/mol. The maximum atomic E-state index is 13.5. The summed E-state index contributed by atoms with van der Waals surface area (Å²) in [6.45, 7) is 1.82. The number of rotatable bonds is 2. The van der Waals surface area contributed by atoms with E-state index < -0.39 is 5.82 Å². The normalized spacial score (nSPS) is 9.83. The largest absolute Gasteiger partial charge is 0.436 e. The molecule has 0 radical (unpaired) electrons. The van der Waals surface area contributed by atoms with Gasteiger partial charge in [-0.05, 0) is 30.7 Å². The Labute approximate surface area is 103 Å². The number of aromatic nitrogens is 1. The molecule has 0 atom stereocenters. The summed E-state index contributed by atoms with van der Waals surface area (Å²) in [6, 6.07) is 9.32. The first-order valence-electron chi connectivity index (χ1n) is 5.21. The first kappa shape index (κ1) is 11.9. The highest BCUT2D eigenvalue weighted by Crippen LogP contribution is 2.25. The second kappa shape index (κ2) is 4.72. The highest BCUT2D eigenvalue weighted by Gasteiger charge is 2.08. The SMILES string of the molecule is Cc1ccc(F)c(Oc2ccc(N)c(C#N)n2)c1. The van der Waals surface area contributed by atoms with Gasteiger partial charge in [0.15, 0.2) is 17.3 Å². The molecule has 2 rings (SSSR count). The number of nitrogens with zero attached hydrogens (tertiary/aromatic N) is 2. The van der Waals surface area contributed by atoms with Crippen molar-refractivity contribution in [3.63, 3.8) is 0 Å². The van der Waals surface area contributed by atoms with Crippen molar-refractivity contribution in [3.05, 3.63) is 47.4 Å². The molecule has 1 heterocycles. The van der Waals surface area contributed by atoms with Gasteiger partial charge in [-0.25, -0.2) is 9.37 Å². The van der Waals surface area contributed by atoms with E-state index in [0.29, 0.717) is 0 Å². The number of anilines is 1. The number of aryl methyl sites for hydroxylation is 1. The summed E-state index contributed by atoms with van der Waals surface area (Å²) in [4.78, 5) is 3.88. The Balaban J connectivity index is 2.34. The van der Waals surface area contributed by atoms with E-state index in [0.717, 1.165) is 5.56 Å². The minimum Gasteiger partial charge on any atom is -0.436 e. The molecule has 0 spiro atoms. The summed E-state index contributed by atoms with van der Waals surface area (Å²) in [5, 5.41) is 8.79. The molecule has 4 nitrogen and oxygen atoms in total. The van der Waals surface area contributed by atoms with Crippen molar-refractivity contribution in [1.29, 1.82) is 5.26 Å². The van der Waals surface area contributed by atoms with Gasteiger partial charge in [0.25, 0.3) is 0 Å². The smallest absolute Gasteiger partial charge is 0.220 e. The molecule has 5 heteroatoms. The van der Waals surface area contributed by atoms with Gasteiger partial charge in [-0.15, -0.1) is 0 Å². The zero-order chi connectivity index (χ0) is 13.1. The molecule has 1 aromatic carbocycles. The van der Waals surface area contributed by atoms with E-state index in [-0.39, 0.29) is 23.0 Å². The first-order valence-corrected chi connectivity index (χ1v) is 5.21. The monoisotopic (exact) mass is 243 g/mol. The van der Waals surface area contributed by atoms with Crippen LogP contribution in [0.25, 0.3) is 0 Å². The van der Waals surface area contributed by atoms with Crippen molar-refractivity contribution in [2.75, 3.05) is 5.73 Å². The number of nitriles is 1. The number of hydrogen-bond acceptors (Lipinski definition) is 4. The van der Waals surface area contributed by atoms with E-state index in [4.69, 9.17) is 15.7 Å². The molecular formula is C13H10FN3O. The van der Waals surface area contributed by atoms with Gasteiger partial charge in [0.05, 0.1) is 5.69 Å². The van der Waals surface area contributed by atoms with E-state index in [1.165, 1.54) is 18.2 Å². The quantitative estimate of drug-likeness (QED) is 0.880. The van der Waals surface area contributed by atoms with Gasteiger partial charge in [-0.3, -0.25) is 0 Å². The number of halogens is 1. The third-order valence-corrected chi connectivity index (χ3v) is 2.31. The molecule has 0 unspecified atom stereocenters. The summed E-state index contributed by atoms with van der Waals surface area (Å²) in [7, 11) is 0. The average molecular weight is 243 g/mol. The highest BCUT2D eigenvalue weighted by atomic mass is 19.1. The Morgan fingerprint density at radius 1 is 1.33 bits per heavy atom. The fourth-order valence-corrected chi connectivity index (χ4v) is 1.40. The molecule has 1 aromatic heterocycles. The van der Waals surface area contributed by atoms with Crippen LogP contribution < -0.4 is 10.5 Å². The van der Waals surface area contributed by atoms with Crippen LogP contribution in [0, 0.1) is 24.1 Å². The molecule has 18 heavy (non-hydrogen) atoms. The van der Waals surface area contributed by atoms with Gasteiger partial charge in [0, 0.05) is 6.07 Å². The van der Waals surface area contributed by atoms with Crippen LogP contribution in [0.1, 0.15) is 11.3 Å². The van der Waals surface area contributed by atoms with Crippen LogP contribution in [-0.4, -0.2) is 4.98 Å². The van der Waals surface area contributed by atoms with Crippen LogP contribution in [0.2, 0.25) is 0 Å². The Hall–Kier alpha value is -2.61. The second-order valence-electron chi connectivity index (χ2n) is 3.74. The lowest BCUT2D eigenvalue weighted by molar-refractivity contribution is 0.427. The summed E-state index contributed by atoms with van der Waals surface area (Å²) in [6.07, 6.45) is 0. The summed E-state index contributed by atoms with van der Waals surface area (Å²) < 4.78 is 18.8. The zero-order valence-electron chi connectivity index (χ0n) is 9.64. The summed E-state index contributed by atoms with van der Waals surface area (Å²) >= 11 is 0. The van der Waals surface area contributed by atoms with E-state index in [1.807, 2.05) is 13.0 Å².